The number of nitrogens with one attached hydrogen (secondary N) is 1. The fourth-order valence-corrected chi connectivity index (χ4v) is 1.45. The number of carbonyl (C=O) groups is 2. The van der Waals surface area contributed by atoms with Gasteiger partial charge in [-0.3, -0.25) is 9.59 Å². The first-order valence-electron chi connectivity index (χ1n) is 5.16. The highest BCUT2D eigenvalue weighted by Gasteiger charge is 2.00. The first-order valence-corrected chi connectivity index (χ1v) is 5.16. The molecular weight excluding hydrogens is 206 g/mol. The summed E-state index contributed by atoms with van der Waals surface area (Å²) in [7, 11) is 0. The maximum Gasteiger partial charge on any atom is 0.303 e. The van der Waals surface area contributed by atoms with Crippen LogP contribution in [0.25, 0.3) is 0 Å². The number of carboxylic acid groups (broad SMARTS) is 1. The van der Waals surface area contributed by atoms with Crippen molar-refractivity contribution in [2.75, 3.05) is 5.32 Å². The molecule has 0 aliphatic carbocycles. The number of aryl methyl sites for hydroxylation is 1. The Hall–Kier alpha value is -1.84. The molecule has 1 rings (SSSR count). The number of amides is 1. The number of hydrogen-bond acceptors (Lipinski definition) is 2. The molecule has 2 N–H and O–H groups in total. The van der Waals surface area contributed by atoms with Crippen LogP contribution in [0.2, 0.25) is 0 Å². The van der Waals surface area contributed by atoms with E-state index in [1.807, 2.05) is 24.3 Å². The quantitative estimate of drug-likeness (QED) is 0.799. The van der Waals surface area contributed by atoms with Gasteiger partial charge in [0.1, 0.15) is 0 Å². The molecule has 0 atom stereocenters. The second-order valence-corrected chi connectivity index (χ2v) is 3.63. The van der Waals surface area contributed by atoms with Gasteiger partial charge in [0.2, 0.25) is 5.91 Å². The normalized spacial score (nSPS) is 9.81. The van der Waals surface area contributed by atoms with Crippen molar-refractivity contribution in [3.8, 4) is 0 Å². The number of carboxylic acids is 1. The molecule has 1 amide bonds. The third kappa shape index (κ3) is 4.59. The van der Waals surface area contributed by atoms with Crippen molar-refractivity contribution in [2.45, 2.75) is 26.2 Å². The molecule has 0 aromatic heterocycles. The van der Waals surface area contributed by atoms with Crippen molar-refractivity contribution in [3.05, 3.63) is 29.8 Å². The molecule has 0 radical (unpaired) electrons. The lowest BCUT2D eigenvalue weighted by Gasteiger charge is -2.04. The van der Waals surface area contributed by atoms with Crippen LogP contribution >= 0.6 is 0 Å². The van der Waals surface area contributed by atoms with Crippen LogP contribution in [0.1, 0.15) is 25.3 Å². The van der Waals surface area contributed by atoms with E-state index in [1.165, 1.54) is 6.92 Å². The molecule has 1 aromatic rings. The smallest absolute Gasteiger partial charge is 0.303 e. The van der Waals surface area contributed by atoms with E-state index < -0.39 is 5.97 Å². The highest BCUT2D eigenvalue weighted by atomic mass is 16.4. The molecule has 4 heteroatoms. The van der Waals surface area contributed by atoms with Gasteiger partial charge in [-0.05, 0) is 30.5 Å². The number of rotatable bonds is 5. The number of carbonyl (C=O) groups excluding carboxylic acids is 1. The summed E-state index contributed by atoms with van der Waals surface area (Å²) in [5.41, 5.74) is 1.79. The van der Waals surface area contributed by atoms with Crippen LogP contribution in [-0.2, 0) is 16.0 Å². The van der Waals surface area contributed by atoms with Gasteiger partial charge in [0, 0.05) is 19.0 Å². The van der Waals surface area contributed by atoms with Gasteiger partial charge in [-0.15, -0.1) is 0 Å². The molecule has 0 saturated carbocycles. The average molecular weight is 221 g/mol. The minimum atomic E-state index is -0.780. The lowest BCUT2D eigenvalue weighted by Crippen LogP contribution is -2.05. The van der Waals surface area contributed by atoms with Crippen molar-refractivity contribution >= 4 is 17.6 Å². The zero-order valence-corrected chi connectivity index (χ0v) is 9.19. The van der Waals surface area contributed by atoms with Crippen LogP contribution in [0.3, 0.4) is 0 Å². The third-order valence-electron chi connectivity index (χ3n) is 2.10. The number of benzene rings is 1. The number of anilines is 1. The van der Waals surface area contributed by atoms with E-state index in [4.69, 9.17) is 5.11 Å². The second kappa shape index (κ2) is 5.90. The maximum atomic E-state index is 10.8. The summed E-state index contributed by atoms with van der Waals surface area (Å²) < 4.78 is 0. The van der Waals surface area contributed by atoms with Crippen molar-refractivity contribution in [1.29, 1.82) is 0 Å². The van der Waals surface area contributed by atoms with E-state index in [-0.39, 0.29) is 12.3 Å². The molecule has 0 saturated heterocycles. The topological polar surface area (TPSA) is 66.4 Å². The molecule has 0 spiro atoms. The molecule has 1 aromatic carbocycles. The summed E-state index contributed by atoms with van der Waals surface area (Å²) >= 11 is 0. The summed E-state index contributed by atoms with van der Waals surface area (Å²) in [5.74, 6) is -0.888. The number of aliphatic carboxylic acids is 1. The molecule has 86 valence electrons. The molecule has 0 aliphatic rings. The molecule has 0 aliphatic heterocycles. The predicted octanol–water partition coefficient (Wildman–Crippen LogP) is 2.05. The van der Waals surface area contributed by atoms with Crippen LogP contribution in [0.15, 0.2) is 24.3 Å². The van der Waals surface area contributed by atoms with Crippen molar-refractivity contribution < 1.29 is 14.7 Å². The van der Waals surface area contributed by atoms with Gasteiger partial charge >= 0.3 is 5.97 Å². The second-order valence-electron chi connectivity index (χ2n) is 3.63. The first kappa shape index (κ1) is 12.2. The fourth-order valence-electron chi connectivity index (χ4n) is 1.45. The minimum Gasteiger partial charge on any atom is -0.481 e. The van der Waals surface area contributed by atoms with E-state index >= 15 is 0 Å². The third-order valence-corrected chi connectivity index (χ3v) is 2.10. The minimum absolute atomic E-state index is 0.109. The van der Waals surface area contributed by atoms with Gasteiger partial charge in [-0.1, -0.05) is 12.1 Å². The van der Waals surface area contributed by atoms with Crippen LogP contribution < -0.4 is 5.32 Å². The molecule has 4 nitrogen and oxygen atoms in total. The summed E-state index contributed by atoms with van der Waals surface area (Å²) in [6, 6.07) is 7.44. The molecule has 0 bridgehead atoms. The lowest BCUT2D eigenvalue weighted by atomic mass is 10.1. The Morgan fingerprint density at radius 1 is 1.38 bits per heavy atom. The van der Waals surface area contributed by atoms with Gasteiger partial charge in [0.25, 0.3) is 0 Å². The predicted molar refractivity (Wildman–Crippen MR) is 61.3 cm³/mol. The van der Waals surface area contributed by atoms with Gasteiger partial charge < -0.3 is 10.4 Å². The Kier molecular flexibility index (Phi) is 4.51. The average Bonchev–Trinajstić information content (AvgIpc) is 2.16. The van der Waals surface area contributed by atoms with Gasteiger partial charge in [0.15, 0.2) is 0 Å². The largest absolute Gasteiger partial charge is 0.481 e. The monoisotopic (exact) mass is 221 g/mol. The van der Waals surface area contributed by atoms with E-state index in [0.29, 0.717) is 12.8 Å². The summed E-state index contributed by atoms with van der Waals surface area (Å²) in [5, 5.41) is 11.2. The molecule has 0 unspecified atom stereocenters. The Bertz CT molecular complexity index is 388. The standard InChI is InChI=1S/C12H15NO3/c1-9(14)13-11-6-2-4-10(8-11)5-3-7-12(15)16/h2,4,6,8H,3,5,7H2,1H3,(H,13,14)(H,15,16). The Balaban J connectivity index is 2.53. The van der Waals surface area contributed by atoms with E-state index in [1.54, 1.807) is 0 Å². The first-order chi connectivity index (χ1) is 7.58. The Morgan fingerprint density at radius 3 is 2.75 bits per heavy atom. The molecule has 16 heavy (non-hydrogen) atoms. The lowest BCUT2D eigenvalue weighted by molar-refractivity contribution is -0.137. The molecule has 0 fully saturated rings. The summed E-state index contributed by atoms with van der Waals surface area (Å²) in [6.45, 7) is 1.46. The van der Waals surface area contributed by atoms with E-state index in [2.05, 4.69) is 5.32 Å². The highest BCUT2D eigenvalue weighted by Crippen LogP contribution is 2.12. The van der Waals surface area contributed by atoms with Crippen molar-refractivity contribution in [2.24, 2.45) is 0 Å². The Morgan fingerprint density at radius 2 is 2.12 bits per heavy atom. The summed E-state index contributed by atoms with van der Waals surface area (Å²) in [4.78, 5) is 21.2. The molecular formula is C12H15NO3. The Labute approximate surface area is 94.3 Å². The highest BCUT2D eigenvalue weighted by molar-refractivity contribution is 5.88. The number of hydrogen-bond donors (Lipinski definition) is 2. The van der Waals surface area contributed by atoms with Crippen LogP contribution in [0.4, 0.5) is 5.69 Å². The van der Waals surface area contributed by atoms with Crippen molar-refractivity contribution in [3.63, 3.8) is 0 Å². The zero-order chi connectivity index (χ0) is 12.0. The van der Waals surface area contributed by atoms with Gasteiger partial charge in [-0.25, -0.2) is 0 Å². The van der Waals surface area contributed by atoms with E-state index in [0.717, 1.165) is 11.3 Å². The zero-order valence-electron chi connectivity index (χ0n) is 9.19. The van der Waals surface area contributed by atoms with E-state index in [9.17, 15) is 9.59 Å². The van der Waals surface area contributed by atoms with Crippen LogP contribution in [0, 0.1) is 0 Å². The molecule has 0 heterocycles. The maximum absolute atomic E-state index is 10.8. The van der Waals surface area contributed by atoms with Gasteiger partial charge in [-0.2, -0.15) is 0 Å². The van der Waals surface area contributed by atoms with Crippen LogP contribution in [-0.4, -0.2) is 17.0 Å². The summed E-state index contributed by atoms with van der Waals surface area (Å²) in [6.07, 6.45) is 1.49. The van der Waals surface area contributed by atoms with Gasteiger partial charge in [0.05, 0.1) is 0 Å². The van der Waals surface area contributed by atoms with Crippen LogP contribution in [0.5, 0.6) is 0 Å². The fraction of sp³-hybridized carbons (Fsp3) is 0.333. The SMILES string of the molecule is CC(=O)Nc1cccc(CCCC(=O)O)c1. The van der Waals surface area contributed by atoms with Crippen molar-refractivity contribution in [1.82, 2.24) is 0 Å².